The summed E-state index contributed by atoms with van der Waals surface area (Å²) in [5, 5.41) is 4.41. The van der Waals surface area contributed by atoms with Gasteiger partial charge >= 0.3 is 0 Å². The first-order valence-electron chi connectivity index (χ1n) is 10.2. The van der Waals surface area contributed by atoms with Crippen molar-refractivity contribution in [3.8, 4) is 0 Å². The number of hydrogen-bond donors (Lipinski definition) is 0. The molecular weight excluding hydrogens is 346 g/mol. The molecule has 1 fully saturated rings. The van der Waals surface area contributed by atoms with Crippen LogP contribution in [0.4, 0.5) is 0 Å². The Bertz CT molecular complexity index is 853. The largest absolute Gasteiger partial charge is 0.367 e. The molecule has 3 aromatic rings. The lowest BCUT2D eigenvalue weighted by Crippen LogP contribution is -2.19. The van der Waals surface area contributed by atoms with Gasteiger partial charge in [0.15, 0.2) is 0 Å². The molecule has 0 spiro atoms. The predicted octanol–water partition coefficient (Wildman–Crippen LogP) is 5.61. The van der Waals surface area contributed by atoms with Crippen LogP contribution in [0.5, 0.6) is 0 Å². The molecule has 144 valence electrons. The summed E-state index contributed by atoms with van der Waals surface area (Å²) in [6.07, 6.45) is 11.8. The fourth-order valence-electron chi connectivity index (χ4n) is 3.89. The number of hydrogen-bond acceptors (Lipinski definition) is 3. The first-order chi connectivity index (χ1) is 13.9. The van der Waals surface area contributed by atoms with E-state index in [4.69, 9.17) is 4.74 Å². The molecule has 1 saturated carbocycles. The van der Waals surface area contributed by atoms with Crippen LogP contribution in [0.25, 0.3) is 11.8 Å². The van der Waals surface area contributed by atoms with Gasteiger partial charge in [0, 0.05) is 0 Å². The van der Waals surface area contributed by atoms with Gasteiger partial charge in [0.1, 0.15) is 18.8 Å². The zero-order chi connectivity index (χ0) is 19.0. The lowest BCUT2D eigenvalue weighted by Gasteiger charge is -2.26. The average molecular weight is 374 g/mol. The Balaban J connectivity index is 1.67. The number of rotatable bonds is 7. The third-order valence-corrected chi connectivity index (χ3v) is 5.39. The van der Waals surface area contributed by atoms with Gasteiger partial charge in [-0.25, -0.2) is 9.67 Å². The molecule has 0 radical (unpaired) electrons. The van der Waals surface area contributed by atoms with Crippen LogP contribution in [0, 0.1) is 5.92 Å². The second kappa shape index (κ2) is 9.47. The molecule has 4 nitrogen and oxygen atoms in total. The Kier molecular flexibility index (Phi) is 6.30. The van der Waals surface area contributed by atoms with Gasteiger partial charge in [-0.2, -0.15) is 5.10 Å². The maximum absolute atomic E-state index is 6.57. The molecule has 0 N–H and O–H groups in total. The van der Waals surface area contributed by atoms with Gasteiger partial charge in [-0.15, -0.1) is 0 Å². The molecule has 1 atom stereocenters. The SMILES string of the molecule is C(=C(/C(OCC1CCCCC1)c1ccccc1)n1cncn1)/c1ccccc1. The fraction of sp³-hybridized carbons (Fsp3) is 0.333. The van der Waals surface area contributed by atoms with Gasteiger partial charge in [-0.1, -0.05) is 79.9 Å². The van der Waals surface area contributed by atoms with Gasteiger partial charge < -0.3 is 4.74 Å². The molecular formula is C24H27N3O. The summed E-state index contributed by atoms with van der Waals surface area (Å²) in [6.45, 7) is 0.778. The van der Waals surface area contributed by atoms with E-state index in [2.05, 4.69) is 52.6 Å². The highest BCUT2D eigenvalue weighted by atomic mass is 16.5. The molecule has 4 heteroatoms. The molecule has 0 bridgehead atoms. The van der Waals surface area contributed by atoms with E-state index in [9.17, 15) is 0 Å². The minimum atomic E-state index is -0.190. The van der Waals surface area contributed by atoms with E-state index >= 15 is 0 Å². The van der Waals surface area contributed by atoms with Crippen molar-refractivity contribution in [1.82, 2.24) is 14.8 Å². The van der Waals surface area contributed by atoms with Crippen molar-refractivity contribution in [3.63, 3.8) is 0 Å². The summed E-state index contributed by atoms with van der Waals surface area (Å²) < 4.78 is 8.39. The molecule has 2 aromatic carbocycles. The van der Waals surface area contributed by atoms with Gasteiger partial charge in [0.2, 0.25) is 0 Å². The zero-order valence-corrected chi connectivity index (χ0v) is 16.2. The molecule has 0 amide bonds. The van der Waals surface area contributed by atoms with Crippen LogP contribution in [0.3, 0.4) is 0 Å². The highest BCUT2D eigenvalue weighted by Gasteiger charge is 2.23. The fourth-order valence-corrected chi connectivity index (χ4v) is 3.89. The molecule has 1 aliphatic carbocycles. The second-order valence-electron chi connectivity index (χ2n) is 7.45. The van der Waals surface area contributed by atoms with Gasteiger partial charge in [0.05, 0.1) is 12.3 Å². The van der Waals surface area contributed by atoms with Crippen molar-refractivity contribution in [2.45, 2.75) is 38.2 Å². The molecule has 1 unspecified atom stereocenters. The highest BCUT2D eigenvalue weighted by Crippen LogP contribution is 2.33. The van der Waals surface area contributed by atoms with E-state index in [0.29, 0.717) is 5.92 Å². The molecule has 1 heterocycles. The van der Waals surface area contributed by atoms with Crippen LogP contribution in [-0.2, 0) is 4.74 Å². The molecule has 0 aliphatic heterocycles. The first-order valence-corrected chi connectivity index (χ1v) is 10.2. The van der Waals surface area contributed by atoms with Crippen LogP contribution in [0.15, 0.2) is 73.3 Å². The van der Waals surface area contributed by atoms with Crippen LogP contribution >= 0.6 is 0 Å². The van der Waals surface area contributed by atoms with E-state index in [-0.39, 0.29) is 6.10 Å². The van der Waals surface area contributed by atoms with Crippen molar-refractivity contribution in [2.75, 3.05) is 6.61 Å². The average Bonchev–Trinajstić information content (AvgIpc) is 3.30. The quantitative estimate of drug-likeness (QED) is 0.540. The first kappa shape index (κ1) is 18.6. The Morgan fingerprint density at radius 2 is 1.71 bits per heavy atom. The highest BCUT2D eigenvalue weighted by molar-refractivity contribution is 5.73. The summed E-state index contributed by atoms with van der Waals surface area (Å²) in [5.74, 6) is 0.647. The van der Waals surface area contributed by atoms with Crippen LogP contribution in [0.2, 0.25) is 0 Å². The third-order valence-electron chi connectivity index (χ3n) is 5.39. The minimum Gasteiger partial charge on any atom is -0.367 e. The van der Waals surface area contributed by atoms with Crippen molar-refractivity contribution in [1.29, 1.82) is 0 Å². The number of benzene rings is 2. The molecule has 1 aliphatic rings. The summed E-state index contributed by atoms with van der Waals surface area (Å²) in [4.78, 5) is 4.17. The third kappa shape index (κ3) is 4.76. The number of aromatic nitrogens is 3. The summed E-state index contributed by atoms with van der Waals surface area (Å²) in [6, 6.07) is 20.7. The van der Waals surface area contributed by atoms with Gasteiger partial charge in [-0.05, 0) is 36.0 Å². The zero-order valence-electron chi connectivity index (χ0n) is 16.2. The minimum absolute atomic E-state index is 0.190. The number of ether oxygens (including phenoxy) is 1. The molecule has 28 heavy (non-hydrogen) atoms. The van der Waals surface area contributed by atoms with Crippen molar-refractivity contribution in [2.24, 2.45) is 5.92 Å². The summed E-state index contributed by atoms with van der Waals surface area (Å²) >= 11 is 0. The normalized spacial score (nSPS) is 16.8. The maximum atomic E-state index is 6.57. The van der Waals surface area contributed by atoms with Crippen LogP contribution in [0.1, 0.15) is 49.3 Å². The Morgan fingerprint density at radius 1 is 1.00 bits per heavy atom. The Labute approximate surface area is 166 Å². The monoisotopic (exact) mass is 373 g/mol. The molecule has 0 saturated heterocycles. The standard InChI is InChI=1S/C24H27N3O/c1-4-10-20(11-5-1)16-23(27-19-25-18-26-27)24(22-14-8-3-9-15-22)28-17-21-12-6-2-7-13-21/h1,3-5,8-11,14-16,18-19,21,24H,2,6-7,12-13,17H2/b23-16+. The number of nitrogens with zero attached hydrogens (tertiary/aromatic N) is 3. The van der Waals surface area contributed by atoms with Gasteiger partial charge in [-0.3, -0.25) is 0 Å². The lowest BCUT2D eigenvalue weighted by molar-refractivity contribution is 0.0485. The summed E-state index contributed by atoms with van der Waals surface area (Å²) in [7, 11) is 0. The van der Waals surface area contributed by atoms with Gasteiger partial charge in [0.25, 0.3) is 0 Å². The van der Waals surface area contributed by atoms with Crippen molar-refractivity contribution >= 4 is 11.8 Å². The predicted molar refractivity (Wildman–Crippen MR) is 112 cm³/mol. The van der Waals surface area contributed by atoms with E-state index in [0.717, 1.165) is 23.4 Å². The second-order valence-corrected chi connectivity index (χ2v) is 7.45. The lowest BCUT2D eigenvalue weighted by atomic mass is 9.90. The topological polar surface area (TPSA) is 39.9 Å². The summed E-state index contributed by atoms with van der Waals surface area (Å²) in [5.41, 5.74) is 3.23. The maximum Gasteiger partial charge on any atom is 0.138 e. The van der Waals surface area contributed by atoms with E-state index < -0.39 is 0 Å². The molecule has 1 aromatic heterocycles. The van der Waals surface area contributed by atoms with Crippen molar-refractivity contribution in [3.05, 3.63) is 84.4 Å². The van der Waals surface area contributed by atoms with E-state index in [1.54, 1.807) is 12.7 Å². The van der Waals surface area contributed by atoms with E-state index in [1.807, 2.05) is 28.9 Å². The Hall–Kier alpha value is -2.72. The Morgan fingerprint density at radius 3 is 2.39 bits per heavy atom. The van der Waals surface area contributed by atoms with Crippen molar-refractivity contribution < 1.29 is 4.74 Å². The van der Waals surface area contributed by atoms with E-state index in [1.165, 1.54) is 32.1 Å². The molecule has 4 rings (SSSR count). The van der Waals surface area contributed by atoms with Crippen LogP contribution in [-0.4, -0.2) is 21.4 Å². The van der Waals surface area contributed by atoms with Crippen LogP contribution < -0.4 is 0 Å². The smallest absolute Gasteiger partial charge is 0.138 e.